The monoisotopic (exact) mass is 270 g/mol. The fourth-order valence-corrected chi connectivity index (χ4v) is 2.08. The van der Waals surface area contributed by atoms with E-state index in [1.165, 1.54) is 5.56 Å². The number of nitrogens with zero attached hydrogens (tertiary/aromatic N) is 2. The molecule has 3 nitrogen and oxygen atoms in total. The number of aromatic nitrogens is 1. The molecule has 0 aromatic carbocycles. The highest BCUT2D eigenvalue weighted by Crippen LogP contribution is 2.11. The summed E-state index contributed by atoms with van der Waals surface area (Å²) in [4.78, 5) is 6.63. The van der Waals surface area contributed by atoms with Crippen LogP contribution in [-0.4, -0.2) is 22.5 Å². The summed E-state index contributed by atoms with van der Waals surface area (Å²) < 4.78 is 5.31. The Morgan fingerprint density at radius 3 is 2.90 bits per heavy atom. The Labute approximate surface area is 120 Å². The molecule has 20 heavy (non-hydrogen) atoms. The van der Waals surface area contributed by atoms with Gasteiger partial charge in [0.2, 0.25) is 0 Å². The average Bonchev–Trinajstić information content (AvgIpc) is 3.00. The zero-order chi connectivity index (χ0) is 14.2. The SMILES string of the molecule is CC[C@H](C)N(C/C=C/c1ccco1)Cc1cccnc1. The summed E-state index contributed by atoms with van der Waals surface area (Å²) in [7, 11) is 0. The number of rotatable bonds is 7. The first-order valence-corrected chi connectivity index (χ1v) is 7.12. The predicted octanol–water partition coefficient (Wildman–Crippen LogP) is 3.99. The molecule has 0 N–H and O–H groups in total. The Balaban J connectivity index is 1.97. The summed E-state index contributed by atoms with van der Waals surface area (Å²) in [6, 6.07) is 8.52. The van der Waals surface area contributed by atoms with Crippen molar-refractivity contribution < 1.29 is 4.42 Å². The standard InChI is InChI=1S/C17H22N2O/c1-3-15(2)19(14-16-7-4-10-18-13-16)11-5-8-17-9-6-12-20-17/h4-10,12-13,15H,3,11,14H2,1-2H3/b8-5+/t15-/m0/s1. The van der Waals surface area contributed by atoms with E-state index in [1.807, 2.05) is 36.7 Å². The first kappa shape index (κ1) is 14.5. The number of pyridine rings is 1. The smallest absolute Gasteiger partial charge is 0.126 e. The van der Waals surface area contributed by atoms with Gasteiger partial charge in [-0.2, -0.15) is 0 Å². The van der Waals surface area contributed by atoms with Gasteiger partial charge in [0.15, 0.2) is 0 Å². The maximum Gasteiger partial charge on any atom is 0.126 e. The van der Waals surface area contributed by atoms with Gasteiger partial charge in [0.25, 0.3) is 0 Å². The van der Waals surface area contributed by atoms with E-state index in [2.05, 4.69) is 35.9 Å². The molecule has 106 valence electrons. The van der Waals surface area contributed by atoms with Crippen LogP contribution >= 0.6 is 0 Å². The molecule has 2 rings (SSSR count). The zero-order valence-corrected chi connectivity index (χ0v) is 12.2. The Morgan fingerprint density at radius 1 is 1.35 bits per heavy atom. The van der Waals surface area contributed by atoms with E-state index < -0.39 is 0 Å². The lowest BCUT2D eigenvalue weighted by Gasteiger charge is -2.27. The second-order valence-corrected chi connectivity index (χ2v) is 4.97. The highest BCUT2D eigenvalue weighted by atomic mass is 16.3. The molecule has 0 unspecified atom stereocenters. The zero-order valence-electron chi connectivity index (χ0n) is 12.2. The Kier molecular flexibility index (Phi) is 5.56. The minimum Gasteiger partial charge on any atom is -0.465 e. The van der Waals surface area contributed by atoms with Crippen LogP contribution in [0.5, 0.6) is 0 Å². The van der Waals surface area contributed by atoms with Crippen LogP contribution in [0.3, 0.4) is 0 Å². The molecule has 0 spiro atoms. The molecule has 0 radical (unpaired) electrons. The molecule has 0 aliphatic heterocycles. The fourth-order valence-electron chi connectivity index (χ4n) is 2.08. The molecule has 2 heterocycles. The molecule has 0 aliphatic rings. The summed E-state index contributed by atoms with van der Waals surface area (Å²) in [5.41, 5.74) is 1.25. The van der Waals surface area contributed by atoms with Crippen LogP contribution in [0.4, 0.5) is 0 Å². The maximum atomic E-state index is 5.31. The van der Waals surface area contributed by atoms with Gasteiger partial charge >= 0.3 is 0 Å². The lowest BCUT2D eigenvalue weighted by molar-refractivity contribution is 0.217. The quantitative estimate of drug-likeness (QED) is 0.762. The largest absolute Gasteiger partial charge is 0.465 e. The van der Waals surface area contributed by atoms with E-state index in [1.54, 1.807) is 6.26 Å². The van der Waals surface area contributed by atoms with Gasteiger partial charge in [0.1, 0.15) is 5.76 Å². The highest BCUT2D eigenvalue weighted by molar-refractivity contribution is 5.42. The van der Waals surface area contributed by atoms with Gasteiger partial charge in [-0.25, -0.2) is 0 Å². The lowest BCUT2D eigenvalue weighted by atomic mass is 10.2. The van der Waals surface area contributed by atoms with Crippen molar-refractivity contribution in [2.24, 2.45) is 0 Å². The third kappa shape index (κ3) is 4.35. The van der Waals surface area contributed by atoms with Crippen LogP contribution in [0.15, 0.2) is 53.4 Å². The van der Waals surface area contributed by atoms with Crippen LogP contribution in [0.1, 0.15) is 31.6 Å². The Bertz CT molecular complexity index is 505. The van der Waals surface area contributed by atoms with Crippen molar-refractivity contribution in [3.05, 3.63) is 60.3 Å². The maximum absolute atomic E-state index is 5.31. The first-order chi connectivity index (χ1) is 9.79. The minimum absolute atomic E-state index is 0.538. The van der Waals surface area contributed by atoms with Crippen LogP contribution in [-0.2, 0) is 6.54 Å². The highest BCUT2D eigenvalue weighted by Gasteiger charge is 2.11. The first-order valence-electron chi connectivity index (χ1n) is 7.12. The van der Waals surface area contributed by atoms with Gasteiger partial charge in [-0.3, -0.25) is 9.88 Å². The summed E-state index contributed by atoms with van der Waals surface area (Å²) in [6.45, 7) is 6.31. The summed E-state index contributed by atoms with van der Waals surface area (Å²) >= 11 is 0. The Morgan fingerprint density at radius 2 is 2.25 bits per heavy atom. The van der Waals surface area contributed by atoms with Crippen molar-refractivity contribution >= 4 is 6.08 Å². The van der Waals surface area contributed by atoms with Gasteiger partial charge in [-0.15, -0.1) is 0 Å². The Hall–Kier alpha value is -1.87. The second-order valence-electron chi connectivity index (χ2n) is 4.97. The normalized spacial score (nSPS) is 13.2. The van der Waals surface area contributed by atoms with Crippen molar-refractivity contribution in [2.75, 3.05) is 6.54 Å². The third-order valence-electron chi connectivity index (χ3n) is 3.49. The summed E-state index contributed by atoms with van der Waals surface area (Å²) in [5, 5.41) is 0. The molecular formula is C17H22N2O. The molecule has 0 saturated heterocycles. The van der Waals surface area contributed by atoms with Crippen molar-refractivity contribution in [1.29, 1.82) is 0 Å². The average molecular weight is 270 g/mol. The number of furan rings is 1. The molecule has 3 heteroatoms. The minimum atomic E-state index is 0.538. The van der Waals surface area contributed by atoms with Crippen molar-refractivity contribution in [3.8, 4) is 0 Å². The van der Waals surface area contributed by atoms with Gasteiger partial charge in [0, 0.05) is 31.5 Å². The van der Waals surface area contributed by atoms with Crippen molar-refractivity contribution in [3.63, 3.8) is 0 Å². The molecule has 2 aromatic rings. The molecule has 0 amide bonds. The molecular weight excluding hydrogens is 248 g/mol. The number of hydrogen-bond acceptors (Lipinski definition) is 3. The van der Waals surface area contributed by atoms with E-state index in [0.29, 0.717) is 6.04 Å². The lowest BCUT2D eigenvalue weighted by Crippen LogP contribution is -2.32. The van der Waals surface area contributed by atoms with E-state index >= 15 is 0 Å². The van der Waals surface area contributed by atoms with E-state index in [4.69, 9.17) is 4.42 Å². The van der Waals surface area contributed by atoms with Gasteiger partial charge in [-0.05, 0) is 43.2 Å². The third-order valence-corrected chi connectivity index (χ3v) is 3.49. The second kappa shape index (κ2) is 7.65. The van der Waals surface area contributed by atoms with Crippen LogP contribution in [0.25, 0.3) is 6.08 Å². The van der Waals surface area contributed by atoms with Gasteiger partial charge < -0.3 is 4.42 Å². The van der Waals surface area contributed by atoms with E-state index in [-0.39, 0.29) is 0 Å². The molecule has 0 fully saturated rings. The molecule has 2 aromatic heterocycles. The van der Waals surface area contributed by atoms with Gasteiger partial charge in [-0.1, -0.05) is 19.1 Å². The predicted molar refractivity (Wildman–Crippen MR) is 82.1 cm³/mol. The summed E-state index contributed by atoms with van der Waals surface area (Å²) in [6.07, 6.45) is 10.8. The van der Waals surface area contributed by atoms with Crippen molar-refractivity contribution in [2.45, 2.75) is 32.9 Å². The van der Waals surface area contributed by atoms with Crippen LogP contribution in [0, 0.1) is 0 Å². The topological polar surface area (TPSA) is 29.3 Å². The number of hydrogen-bond donors (Lipinski definition) is 0. The molecule has 1 atom stereocenters. The fraction of sp³-hybridized carbons (Fsp3) is 0.353. The summed E-state index contributed by atoms with van der Waals surface area (Å²) in [5.74, 6) is 0.899. The van der Waals surface area contributed by atoms with Gasteiger partial charge in [0.05, 0.1) is 6.26 Å². The van der Waals surface area contributed by atoms with Crippen molar-refractivity contribution in [1.82, 2.24) is 9.88 Å². The molecule has 0 bridgehead atoms. The van der Waals surface area contributed by atoms with Crippen LogP contribution in [0.2, 0.25) is 0 Å². The molecule has 0 aliphatic carbocycles. The van der Waals surface area contributed by atoms with Crippen LogP contribution < -0.4 is 0 Å². The molecule has 0 saturated carbocycles. The van der Waals surface area contributed by atoms with E-state index in [9.17, 15) is 0 Å². The van der Waals surface area contributed by atoms with E-state index in [0.717, 1.165) is 25.3 Å².